The van der Waals surface area contributed by atoms with E-state index in [4.69, 9.17) is 12.2 Å². The number of amidine groups is 2. The number of halogens is 3. The van der Waals surface area contributed by atoms with Gasteiger partial charge in [-0.1, -0.05) is 18.2 Å². The van der Waals surface area contributed by atoms with Gasteiger partial charge in [-0.15, -0.1) is 0 Å². The first-order valence-electron chi connectivity index (χ1n) is 7.68. The van der Waals surface area contributed by atoms with Gasteiger partial charge < -0.3 is 5.32 Å². The maximum Gasteiger partial charge on any atom is 0.416 e. The number of nitrogens with zero attached hydrogens (tertiary/aromatic N) is 4. The highest BCUT2D eigenvalue weighted by atomic mass is 32.2. The third-order valence-electron chi connectivity index (χ3n) is 4.25. The zero-order chi connectivity index (χ0) is 20.2. The first-order valence-corrected chi connectivity index (χ1v) is 8.90. The van der Waals surface area contributed by atoms with Crippen LogP contribution >= 0.6 is 24.0 Å². The highest BCUT2D eigenvalue weighted by Gasteiger charge is 2.49. The van der Waals surface area contributed by atoms with Crippen LogP contribution in [0, 0.1) is 16.0 Å². The Balaban J connectivity index is 1.84. The number of carbonyl (C=O) groups is 1. The molecule has 0 spiro atoms. The normalized spacial score (nSPS) is 24.0. The van der Waals surface area contributed by atoms with Crippen molar-refractivity contribution < 1.29 is 22.9 Å². The van der Waals surface area contributed by atoms with E-state index in [1.807, 2.05) is 0 Å². The molecule has 0 radical (unpaired) electrons. The van der Waals surface area contributed by atoms with Crippen LogP contribution in [-0.4, -0.2) is 31.8 Å². The van der Waals surface area contributed by atoms with Gasteiger partial charge in [0.2, 0.25) is 0 Å². The average Bonchev–Trinajstić information content (AvgIpc) is 3.05. The quantitative estimate of drug-likeness (QED) is 0.440. The van der Waals surface area contributed by atoms with Crippen LogP contribution in [0.3, 0.4) is 0 Å². The summed E-state index contributed by atoms with van der Waals surface area (Å²) >= 11 is 5.71. The molecule has 1 amide bonds. The Labute approximate surface area is 164 Å². The van der Waals surface area contributed by atoms with Crippen LogP contribution in [0.5, 0.6) is 0 Å². The predicted octanol–water partition coefficient (Wildman–Crippen LogP) is 2.67. The van der Waals surface area contributed by atoms with Crippen molar-refractivity contribution in [2.75, 3.05) is 0 Å². The molecule has 1 aromatic carbocycles. The molecular formula is C15H8F3N5O3S2. The SMILES string of the molecule is O=C1N=C2SC([N+](=O)[O-])=CN2C2=NC(=S)NC(c3ccccc3C(F)(F)F)C12. The van der Waals surface area contributed by atoms with Crippen LogP contribution in [0.2, 0.25) is 0 Å². The number of hydrogen-bond donors (Lipinski definition) is 1. The van der Waals surface area contributed by atoms with Gasteiger partial charge in [0, 0.05) is 11.8 Å². The maximum absolute atomic E-state index is 13.5. The fourth-order valence-corrected chi connectivity index (χ4v) is 4.16. The lowest BCUT2D eigenvalue weighted by atomic mass is 9.86. The van der Waals surface area contributed by atoms with Crippen LogP contribution in [0.25, 0.3) is 0 Å². The van der Waals surface area contributed by atoms with Crippen LogP contribution in [0.4, 0.5) is 13.2 Å². The van der Waals surface area contributed by atoms with Crippen molar-refractivity contribution in [3.63, 3.8) is 0 Å². The fourth-order valence-electron chi connectivity index (χ4n) is 3.14. The van der Waals surface area contributed by atoms with E-state index in [0.29, 0.717) is 11.8 Å². The van der Waals surface area contributed by atoms with E-state index in [1.54, 1.807) is 0 Å². The molecule has 0 bridgehead atoms. The molecule has 0 saturated heterocycles. The first-order chi connectivity index (χ1) is 13.2. The lowest BCUT2D eigenvalue weighted by Gasteiger charge is -2.37. The average molecular weight is 427 g/mol. The second kappa shape index (κ2) is 6.38. The Morgan fingerprint density at radius 2 is 2.00 bits per heavy atom. The number of fused-ring (bicyclic) bond motifs is 3. The largest absolute Gasteiger partial charge is 0.416 e. The molecular weight excluding hydrogens is 419 g/mol. The molecule has 3 heterocycles. The molecule has 0 aliphatic carbocycles. The van der Waals surface area contributed by atoms with Gasteiger partial charge in [-0.3, -0.25) is 19.8 Å². The molecule has 3 aliphatic rings. The summed E-state index contributed by atoms with van der Waals surface area (Å²) < 4.78 is 40.4. The lowest BCUT2D eigenvalue weighted by Crippen LogP contribution is -2.52. The van der Waals surface area contributed by atoms with Crippen molar-refractivity contribution in [2.24, 2.45) is 15.9 Å². The molecule has 0 saturated carbocycles. The molecule has 1 N–H and O–H groups in total. The number of rotatable bonds is 2. The summed E-state index contributed by atoms with van der Waals surface area (Å²) in [5.41, 5.74) is -1.11. The zero-order valence-electron chi connectivity index (χ0n) is 13.5. The van der Waals surface area contributed by atoms with Gasteiger partial charge in [0.25, 0.3) is 5.91 Å². The summed E-state index contributed by atoms with van der Waals surface area (Å²) in [5, 5.41) is 13.3. The molecule has 4 rings (SSSR count). The fraction of sp³-hybridized carbons (Fsp3) is 0.200. The molecule has 2 atom stereocenters. The van der Waals surface area contributed by atoms with Gasteiger partial charge in [0.15, 0.2) is 10.3 Å². The third-order valence-corrected chi connectivity index (χ3v) is 5.39. The van der Waals surface area contributed by atoms with E-state index in [-0.39, 0.29) is 26.7 Å². The number of amides is 1. The number of thiocarbonyl (C=S) groups is 1. The number of carbonyl (C=O) groups excluding carboxylic acids is 1. The van der Waals surface area contributed by atoms with Crippen molar-refractivity contribution in [1.82, 2.24) is 10.2 Å². The minimum absolute atomic E-state index is 0.00470. The van der Waals surface area contributed by atoms with Crippen molar-refractivity contribution in [2.45, 2.75) is 12.2 Å². The first kappa shape index (κ1) is 18.6. The molecule has 8 nitrogen and oxygen atoms in total. The summed E-state index contributed by atoms with van der Waals surface area (Å²) in [4.78, 5) is 32.1. The number of thioether (sulfide) groups is 1. The lowest BCUT2D eigenvalue weighted by molar-refractivity contribution is -0.410. The topological polar surface area (TPSA) is 100 Å². The number of nitro groups is 1. The second-order valence-electron chi connectivity index (χ2n) is 5.89. The van der Waals surface area contributed by atoms with Gasteiger partial charge >= 0.3 is 11.2 Å². The molecule has 0 fully saturated rings. The zero-order valence-corrected chi connectivity index (χ0v) is 15.1. The van der Waals surface area contributed by atoms with E-state index in [0.717, 1.165) is 12.3 Å². The van der Waals surface area contributed by atoms with Crippen LogP contribution in [0.1, 0.15) is 17.2 Å². The van der Waals surface area contributed by atoms with Gasteiger partial charge in [-0.2, -0.15) is 18.2 Å². The van der Waals surface area contributed by atoms with Gasteiger partial charge in [0.1, 0.15) is 11.8 Å². The van der Waals surface area contributed by atoms with Crippen molar-refractivity contribution in [3.8, 4) is 0 Å². The number of hydrogen-bond acceptors (Lipinski definition) is 6. The minimum Gasteiger partial charge on any atom is -0.353 e. The van der Waals surface area contributed by atoms with Crippen molar-refractivity contribution in [3.05, 3.63) is 56.7 Å². The summed E-state index contributed by atoms with van der Waals surface area (Å²) in [6.07, 6.45) is -3.52. The Morgan fingerprint density at radius 1 is 1.29 bits per heavy atom. The van der Waals surface area contributed by atoms with Crippen molar-refractivity contribution in [1.29, 1.82) is 0 Å². The molecule has 1 aromatic rings. The predicted molar refractivity (Wildman–Crippen MR) is 97.8 cm³/mol. The van der Waals surface area contributed by atoms with Gasteiger partial charge in [0.05, 0.1) is 22.7 Å². The number of benzene rings is 1. The van der Waals surface area contributed by atoms with Crippen LogP contribution < -0.4 is 5.32 Å². The van der Waals surface area contributed by atoms with E-state index in [1.165, 1.54) is 23.1 Å². The Hall–Kier alpha value is -2.80. The number of aliphatic imine (C=N–C) groups is 2. The summed E-state index contributed by atoms with van der Waals surface area (Å²) in [6.45, 7) is 0. The van der Waals surface area contributed by atoms with E-state index >= 15 is 0 Å². The summed E-state index contributed by atoms with van der Waals surface area (Å²) in [5.74, 6) is -1.97. The Kier molecular flexibility index (Phi) is 4.23. The monoisotopic (exact) mass is 427 g/mol. The molecule has 28 heavy (non-hydrogen) atoms. The minimum atomic E-state index is -4.65. The molecule has 144 valence electrons. The maximum atomic E-state index is 13.5. The van der Waals surface area contributed by atoms with E-state index in [2.05, 4.69) is 15.3 Å². The Bertz CT molecular complexity index is 1020. The standard InChI is InChI=1S/C15H8F3N5O3S2/c16-15(17,18)7-4-2-1-3-6(7)10-9-11(20-13(27)19-10)22-5-8(23(25)26)28-14(22)21-12(9)24/h1-5,9-10H,(H,19,27). The number of nitrogens with one attached hydrogen (secondary N) is 1. The van der Waals surface area contributed by atoms with Crippen LogP contribution in [-0.2, 0) is 11.0 Å². The highest BCUT2D eigenvalue weighted by molar-refractivity contribution is 8.17. The number of alkyl halides is 3. The molecule has 13 heteroatoms. The molecule has 0 aromatic heterocycles. The van der Waals surface area contributed by atoms with E-state index < -0.39 is 34.5 Å². The van der Waals surface area contributed by atoms with E-state index in [9.17, 15) is 28.1 Å². The van der Waals surface area contributed by atoms with Gasteiger partial charge in [-0.05, 0) is 23.8 Å². The third kappa shape index (κ3) is 2.96. The van der Waals surface area contributed by atoms with Crippen molar-refractivity contribution >= 4 is 46.0 Å². The Morgan fingerprint density at radius 3 is 2.68 bits per heavy atom. The van der Waals surface area contributed by atoms with Crippen LogP contribution in [0.15, 0.2) is 45.5 Å². The smallest absolute Gasteiger partial charge is 0.353 e. The summed E-state index contributed by atoms with van der Waals surface area (Å²) in [6, 6.07) is 3.64. The molecule has 2 unspecified atom stereocenters. The second-order valence-corrected chi connectivity index (χ2v) is 7.26. The van der Waals surface area contributed by atoms with Gasteiger partial charge in [-0.25, -0.2) is 4.99 Å². The highest BCUT2D eigenvalue weighted by Crippen LogP contribution is 2.42. The summed E-state index contributed by atoms with van der Waals surface area (Å²) in [7, 11) is 0. The molecule has 3 aliphatic heterocycles.